The van der Waals surface area contributed by atoms with Crippen molar-refractivity contribution in [2.75, 3.05) is 0 Å². The number of rotatable bonds is 6. The van der Waals surface area contributed by atoms with Gasteiger partial charge in [-0.1, -0.05) is 23.4 Å². The molecule has 6 heteroatoms. The molecule has 0 unspecified atom stereocenters. The molecule has 0 radical (unpaired) electrons. The first-order valence-electron chi connectivity index (χ1n) is 9.12. The highest BCUT2D eigenvalue weighted by Gasteiger charge is 2.17. The molecule has 5 nitrogen and oxygen atoms in total. The van der Waals surface area contributed by atoms with E-state index >= 15 is 0 Å². The summed E-state index contributed by atoms with van der Waals surface area (Å²) < 4.78 is 20.3. The van der Waals surface area contributed by atoms with Crippen molar-refractivity contribution >= 4 is 11.4 Å². The SMILES string of the molecule is O=C(Cc1cnn(Cc2cccc(F)c2)c1)c1cc(C2=CCCCC2)on1. The molecule has 138 valence electrons. The van der Waals surface area contributed by atoms with Crippen molar-refractivity contribution < 1.29 is 13.7 Å². The monoisotopic (exact) mass is 365 g/mol. The van der Waals surface area contributed by atoms with Crippen LogP contribution in [0.25, 0.3) is 5.57 Å². The van der Waals surface area contributed by atoms with Gasteiger partial charge in [-0.05, 0) is 54.5 Å². The summed E-state index contributed by atoms with van der Waals surface area (Å²) in [5, 5.41) is 8.19. The van der Waals surface area contributed by atoms with Gasteiger partial charge in [-0.3, -0.25) is 9.48 Å². The van der Waals surface area contributed by atoms with Gasteiger partial charge >= 0.3 is 0 Å². The molecule has 2 heterocycles. The first-order chi connectivity index (χ1) is 13.2. The first-order valence-corrected chi connectivity index (χ1v) is 9.12. The summed E-state index contributed by atoms with van der Waals surface area (Å²) in [5.74, 6) is 0.316. The van der Waals surface area contributed by atoms with Crippen LogP contribution in [0.3, 0.4) is 0 Å². The zero-order valence-electron chi connectivity index (χ0n) is 14.9. The standard InChI is InChI=1S/C21H20FN3O2/c22-18-8-4-5-15(9-18)13-25-14-16(12-23-25)10-20(26)19-11-21(27-24-19)17-6-2-1-3-7-17/h4-6,8-9,11-12,14H,1-3,7,10,13H2. The number of hydrogen-bond acceptors (Lipinski definition) is 4. The number of Topliss-reactive ketones (excluding diaryl/α,β-unsaturated/α-hetero) is 1. The van der Waals surface area contributed by atoms with Gasteiger partial charge in [0.2, 0.25) is 0 Å². The van der Waals surface area contributed by atoms with E-state index in [0.717, 1.165) is 36.0 Å². The number of halogens is 1. The maximum Gasteiger partial charge on any atom is 0.189 e. The second-order valence-electron chi connectivity index (χ2n) is 6.83. The zero-order chi connectivity index (χ0) is 18.6. The van der Waals surface area contributed by atoms with Crippen LogP contribution in [-0.4, -0.2) is 20.7 Å². The Morgan fingerprint density at radius 3 is 2.96 bits per heavy atom. The van der Waals surface area contributed by atoms with E-state index in [4.69, 9.17) is 4.52 Å². The summed E-state index contributed by atoms with van der Waals surface area (Å²) in [7, 11) is 0. The average molecular weight is 365 g/mol. The van der Waals surface area contributed by atoms with Gasteiger partial charge in [0.1, 0.15) is 5.82 Å². The second-order valence-corrected chi connectivity index (χ2v) is 6.83. The van der Waals surface area contributed by atoms with E-state index in [9.17, 15) is 9.18 Å². The Morgan fingerprint density at radius 2 is 2.15 bits per heavy atom. The normalized spacial score (nSPS) is 14.2. The average Bonchev–Trinajstić information content (AvgIpc) is 3.32. The maximum atomic E-state index is 13.3. The van der Waals surface area contributed by atoms with Gasteiger partial charge in [-0.25, -0.2) is 4.39 Å². The van der Waals surface area contributed by atoms with Gasteiger partial charge in [0.25, 0.3) is 0 Å². The Bertz CT molecular complexity index is 987. The van der Waals surface area contributed by atoms with Gasteiger partial charge in [-0.2, -0.15) is 5.10 Å². The van der Waals surface area contributed by atoms with E-state index in [1.165, 1.54) is 18.6 Å². The van der Waals surface area contributed by atoms with Crippen LogP contribution in [0.4, 0.5) is 4.39 Å². The summed E-state index contributed by atoms with van der Waals surface area (Å²) in [6.07, 6.45) is 10.2. The van der Waals surface area contributed by atoms with E-state index in [-0.39, 0.29) is 18.0 Å². The minimum Gasteiger partial charge on any atom is -0.356 e. The number of carbonyl (C=O) groups is 1. The van der Waals surface area contributed by atoms with Crippen molar-refractivity contribution in [1.82, 2.24) is 14.9 Å². The van der Waals surface area contributed by atoms with Crippen molar-refractivity contribution in [3.05, 3.63) is 77.2 Å². The number of allylic oxidation sites excluding steroid dienone is 2. The molecule has 2 aromatic heterocycles. The molecule has 0 saturated carbocycles. The molecule has 1 aliphatic carbocycles. The van der Waals surface area contributed by atoms with Crippen molar-refractivity contribution in [3.63, 3.8) is 0 Å². The quantitative estimate of drug-likeness (QED) is 0.606. The molecule has 0 bridgehead atoms. The van der Waals surface area contributed by atoms with Crippen LogP contribution in [-0.2, 0) is 13.0 Å². The minimum atomic E-state index is -0.273. The first kappa shape index (κ1) is 17.4. The Morgan fingerprint density at radius 1 is 1.22 bits per heavy atom. The van der Waals surface area contributed by atoms with E-state index in [1.807, 2.05) is 6.07 Å². The third-order valence-corrected chi connectivity index (χ3v) is 4.69. The summed E-state index contributed by atoms with van der Waals surface area (Å²) in [5.41, 5.74) is 3.08. The largest absolute Gasteiger partial charge is 0.356 e. The van der Waals surface area contributed by atoms with Crippen LogP contribution in [0.15, 0.2) is 53.3 Å². The number of nitrogens with zero attached hydrogens (tertiary/aromatic N) is 3. The summed E-state index contributed by atoms with van der Waals surface area (Å²) in [6, 6.07) is 8.13. The zero-order valence-corrected chi connectivity index (χ0v) is 14.9. The van der Waals surface area contributed by atoms with Gasteiger partial charge in [0.05, 0.1) is 12.7 Å². The Hall–Kier alpha value is -3.02. The van der Waals surface area contributed by atoms with Gasteiger partial charge < -0.3 is 4.52 Å². The highest BCUT2D eigenvalue weighted by atomic mass is 19.1. The molecule has 0 N–H and O–H groups in total. The molecule has 0 spiro atoms. The Kier molecular flexibility index (Phi) is 4.96. The summed E-state index contributed by atoms with van der Waals surface area (Å²) in [6.45, 7) is 0.453. The molecule has 1 aliphatic rings. The second kappa shape index (κ2) is 7.70. The number of aromatic nitrogens is 3. The molecule has 27 heavy (non-hydrogen) atoms. The molecule has 4 rings (SSSR count). The van der Waals surface area contributed by atoms with Crippen molar-refractivity contribution in [2.45, 2.75) is 38.6 Å². The third-order valence-electron chi connectivity index (χ3n) is 4.69. The lowest BCUT2D eigenvalue weighted by Gasteiger charge is -2.08. The lowest BCUT2D eigenvalue weighted by molar-refractivity contribution is 0.0984. The lowest BCUT2D eigenvalue weighted by atomic mass is 9.97. The van der Waals surface area contributed by atoms with Crippen LogP contribution in [0.2, 0.25) is 0 Å². The van der Waals surface area contributed by atoms with Gasteiger partial charge in [0.15, 0.2) is 17.2 Å². The third kappa shape index (κ3) is 4.22. The predicted molar refractivity (Wildman–Crippen MR) is 98.7 cm³/mol. The number of benzene rings is 1. The fraction of sp³-hybridized carbons (Fsp3) is 0.286. The summed E-state index contributed by atoms with van der Waals surface area (Å²) >= 11 is 0. The molecule has 0 atom stereocenters. The van der Waals surface area contributed by atoms with Gasteiger partial charge in [-0.15, -0.1) is 0 Å². The van der Waals surface area contributed by atoms with Crippen LogP contribution < -0.4 is 0 Å². The molecule has 0 saturated heterocycles. The van der Waals surface area contributed by atoms with Crippen LogP contribution >= 0.6 is 0 Å². The molecular formula is C21H20FN3O2. The number of ketones is 1. The molecule has 3 aromatic rings. The van der Waals surface area contributed by atoms with E-state index in [1.54, 1.807) is 29.2 Å². The van der Waals surface area contributed by atoms with Crippen LogP contribution in [0.5, 0.6) is 0 Å². The maximum absolute atomic E-state index is 13.3. The smallest absolute Gasteiger partial charge is 0.189 e. The molecule has 0 amide bonds. The van der Waals surface area contributed by atoms with Crippen molar-refractivity contribution in [2.24, 2.45) is 0 Å². The van der Waals surface area contributed by atoms with Crippen molar-refractivity contribution in [1.29, 1.82) is 0 Å². The molecule has 1 aromatic carbocycles. The van der Waals surface area contributed by atoms with E-state index in [2.05, 4.69) is 16.3 Å². The molecule has 0 fully saturated rings. The van der Waals surface area contributed by atoms with Crippen molar-refractivity contribution in [3.8, 4) is 0 Å². The predicted octanol–water partition coefficient (Wildman–Crippen LogP) is 4.44. The fourth-order valence-corrected chi connectivity index (χ4v) is 3.30. The Labute approximate surface area is 156 Å². The van der Waals surface area contributed by atoms with E-state index < -0.39 is 0 Å². The summed E-state index contributed by atoms with van der Waals surface area (Å²) in [4.78, 5) is 12.5. The lowest BCUT2D eigenvalue weighted by Crippen LogP contribution is -2.03. The van der Waals surface area contributed by atoms with Gasteiger partial charge in [0, 0.05) is 18.7 Å². The highest BCUT2D eigenvalue weighted by molar-refractivity contribution is 5.96. The molecule has 0 aliphatic heterocycles. The fourth-order valence-electron chi connectivity index (χ4n) is 3.30. The number of hydrogen-bond donors (Lipinski definition) is 0. The number of carbonyl (C=O) groups excluding carboxylic acids is 1. The molecular weight excluding hydrogens is 345 g/mol. The highest BCUT2D eigenvalue weighted by Crippen LogP contribution is 2.27. The topological polar surface area (TPSA) is 60.9 Å². The van der Waals surface area contributed by atoms with Crippen LogP contribution in [0, 0.1) is 5.82 Å². The van der Waals surface area contributed by atoms with E-state index in [0.29, 0.717) is 18.0 Å². The minimum absolute atomic E-state index is 0.105. The Balaban J connectivity index is 1.41. The van der Waals surface area contributed by atoms with Crippen LogP contribution in [0.1, 0.15) is 53.1 Å².